The quantitative estimate of drug-likeness (QED) is 0.778. The molecule has 1 saturated heterocycles. The first-order chi connectivity index (χ1) is 13.3. The van der Waals surface area contributed by atoms with Gasteiger partial charge in [0.15, 0.2) is 0 Å². The second-order valence-electron chi connectivity index (χ2n) is 6.83. The van der Waals surface area contributed by atoms with Crippen molar-refractivity contribution < 1.29 is 22.8 Å². The van der Waals surface area contributed by atoms with Crippen LogP contribution in [0.25, 0.3) is 0 Å². The number of hydrogen-bond acceptors (Lipinski definition) is 2. The Morgan fingerprint density at radius 2 is 1.39 bits per heavy atom. The van der Waals surface area contributed by atoms with Gasteiger partial charge >= 0.3 is 6.18 Å². The standard InChI is InChI=1S/C21H21F3N2O2/c1-15-5-2-3-6-18(15)20(28)26-12-4-11-25(13-14-26)19(27)16-7-9-17(10-8-16)21(22,23)24/h2-3,5-10H,4,11-14H2,1H3. The number of alkyl halides is 3. The fourth-order valence-electron chi connectivity index (χ4n) is 3.29. The number of nitrogens with zero attached hydrogens (tertiary/aromatic N) is 2. The molecule has 3 rings (SSSR count). The molecule has 2 aromatic carbocycles. The van der Waals surface area contributed by atoms with E-state index >= 15 is 0 Å². The van der Waals surface area contributed by atoms with Gasteiger partial charge in [-0.05, 0) is 49.2 Å². The molecule has 0 N–H and O–H groups in total. The summed E-state index contributed by atoms with van der Waals surface area (Å²) in [6.07, 6.45) is -3.81. The van der Waals surface area contributed by atoms with Crippen LogP contribution in [0.15, 0.2) is 48.5 Å². The van der Waals surface area contributed by atoms with Gasteiger partial charge in [0.1, 0.15) is 0 Å². The van der Waals surface area contributed by atoms with Gasteiger partial charge in [-0.25, -0.2) is 0 Å². The highest BCUT2D eigenvalue weighted by Gasteiger charge is 2.30. The number of amides is 2. The molecular weight excluding hydrogens is 369 g/mol. The Balaban J connectivity index is 1.67. The summed E-state index contributed by atoms with van der Waals surface area (Å²) in [5.74, 6) is -0.388. The summed E-state index contributed by atoms with van der Waals surface area (Å²) in [6, 6.07) is 11.6. The van der Waals surface area contributed by atoms with Crippen LogP contribution in [-0.2, 0) is 6.18 Å². The van der Waals surface area contributed by atoms with Gasteiger partial charge in [0.2, 0.25) is 0 Å². The predicted molar refractivity (Wildman–Crippen MR) is 99.0 cm³/mol. The molecular formula is C21H21F3N2O2. The highest BCUT2D eigenvalue weighted by atomic mass is 19.4. The molecule has 28 heavy (non-hydrogen) atoms. The lowest BCUT2D eigenvalue weighted by molar-refractivity contribution is -0.137. The molecule has 148 valence electrons. The fraction of sp³-hybridized carbons (Fsp3) is 0.333. The smallest absolute Gasteiger partial charge is 0.337 e. The molecule has 1 aliphatic rings. The van der Waals surface area contributed by atoms with Gasteiger partial charge in [-0.1, -0.05) is 18.2 Å². The Morgan fingerprint density at radius 1 is 0.821 bits per heavy atom. The van der Waals surface area contributed by atoms with Crippen LogP contribution in [0, 0.1) is 6.92 Å². The number of aryl methyl sites for hydroxylation is 1. The molecule has 1 aliphatic heterocycles. The third kappa shape index (κ3) is 4.35. The van der Waals surface area contributed by atoms with E-state index in [-0.39, 0.29) is 17.4 Å². The fourth-order valence-corrected chi connectivity index (χ4v) is 3.29. The Hall–Kier alpha value is -2.83. The van der Waals surface area contributed by atoms with E-state index in [9.17, 15) is 22.8 Å². The topological polar surface area (TPSA) is 40.6 Å². The molecule has 0 bridgehead atoms. The van der Waals surface area contributed by atoms with E-state index < -0.39 is 11.7 Å². The number of rotatable bonds is 2. The Bertz CT molecular complexity index is 863. The largest absolute Gasteiger partial charge is 0.416 e. The first-order valence-electron chi connectivity index (χ1n) is 9.09. The second kappa shape index (κ2) is 8.04. The van der Waals surface area contributed by atoms with E-state index in [1.54, 1.807) is 15.9 Å². The molecule has 7 heteroatoms. The van der Waals surface area contributed by atoms with Gasteiger partial charge in [0, 0.05) is 37.3 Å². The maximum Gasteiger partial charge on any atom is 0.416 e. The average Bonchev–Trinajstić information content (AvgIpc) is 2.93. The van der Waals surface area contributed by atoms with Crippen molar-refractivity contribution in [3.63, 3.8) is 0 Å². The van der Waals surface area contributed by atoms with E-state index in [1.165, 1.54) is 12.1 Å². The normalized spacial score (nSPS) is 15.3. The van der Waals surface area contributed by atoms with Gasteiger partial charge in [0.25, 0.3) is 11.8 Å². The first-order valence-corrected chi connectivity index (χ1v) is 9.09. The molecule has 2 amide bonds. The van der Waals surface area contributed by atoms with E-state index in [2.05, 4.69) is 0 Å². The Morgan fingerprint density at radius 3 is 1.96 bits per heavy atom. The minimum absolute atomic E-state index is 0.0677. The van der Waals surface area contributed by atoms with Gasteiger partial charge in [-0.15, -0.1) is 0 Å². The van der Waals surface area contributed by atoms with Crippen molar-refractivity contribution in [3.8, 4) is 0 Å². The third-order valence-corrected chi connectivity index (χ3v) is 4.90. The lowest BCUT2D eigenvalue weighted by atomic mass is 10.1. The number of hydrogen-bond donors (Lipinski definition) is 0. The average molecular weight is 390 g/mol. The summed E-state index contributed by atoms with van der Waals surface area (Å²) < 4.78 is 38.0. The molecule has 0 unspecified atom stereocenters. The van der Waals surface area contributed by atoms with E-state index in [0.29, 0.717) is 38.2 Å². The molecule has 2 aromatic rings. The summed E-state index contributed by atoms with van der Waals surface area (Å²) in [5, 5.41) is 0. The summed E-state index contributed by atoms with van der Waals surface area (Å²) in [4.78, 5) is 28.7. The van der Waals surface area contributed by atoms with Gasteiger partial charge in [-0.2, -0.15) is 13.2 Å². The predicted octanol–water partition coefficient (Wildman–Crippen LogP) is 4.00. The van der Waals surface area contributed by atoms with Crippen molar-refractivity contribution in [1.82, 2.24) is 9.80 Å². The number of benzene rings is 2. The maximum absolute atomic E-state index is 12.8. The van der Waals surface area contributed by atoms with E-state index in [0.717, 1.165) is 17.7 Å². The van der Waals surface area contributed by atoms with Crippen molar-refractivity contribution in [1.29, 1.82) is 0 Å². The highest BCUT2D eigenvalue weighted by molar-refractivity contribution is 5.96. The molecule has 0 radical (unpaired) electrons. The summed E-state index contributed by atoms with van der Waals surface area (Å²) in [6.45, 7) is 3.60. The third-order valence-electron chi connectivity index (χ3n) is 4.90. The lowest BCUT2D eigenvalue weighted by Crippen LogP contribution is -2.37. The molecule has 4 nitrogen and oxygen atoms in total. The summed E-state index contributed by atoms with van der Waals surface area (Å²) >= 11 is 0. The maximum atomic E-state index is 12.8. The van der Waals surface area contributed by atoms with Crippen LogP contribution < -0.4 is 0 Å². The van der Waals surface area contributed by atoms with Gasteiger partial charge in [-0.3, -0.25) is 9.59 Å². The van der Waals surface area contributed by atoms with Gasteiger partial charge < -0.3 is 9.80 Å². The first kappa shape index (κ1) is 19.9. The Kier molecular flexibility index (Phi) is 5.72. The summed E-state index contributed by atoms with van der Waals surface area (Å²) in [7, 11) is 0. The molecule has 1 heterocycles. The van der Waals surface area contributed by atoms with Gasteiger partial charge in [0.05, 0.1) is 5.56 Å². The van der Waals surface area contributed by atoms with Crippen molar-refractivity contribution in [3.05, 3.63) is 70.8 Å². The lowest BCUT2D eigenvalue weighted by Gasteiger charge is -2.23. The van der Waals surface area contributed by atoms with Crippen LogP contribution in [0.2, 0.25) is 0 Å². The molecule has 0 aromatic heterocycles. The molecule has 0 saturated carbocycles. The van der Waals surface area contributed by atoms with Crippen molar-refractivity contribution in [2.75, 3.05) is 26.2 Å². The number of carbonyl (C=O) groups excluding carboxylic acids is 2. The number of carbonyl (C=O) groups is 2. The molecule has 0 spiro atoms. The van der Waals surface area contributed by atoms with Crippen LogP contribution >= 0.6 is 0 Å². The molecule has 0 aliphatic carbocycles. The monoisotopic (exact) mass is 390 g/mol. The summed E-state index contributed by atoms with van der Waals surface area (Å²) in [5.41, 5.74) is 0.973. The minimum Gasteiger partial charge on any atom is -0.337 e. The van der Waals surface area contributed by atoms with E-state index in [1.807, 2.05) is 25.1 Å². The Labute approximate surface area is 161 Å². The van der Waals surface area contributed by atoms with Crippen LogP contribution in [0.1, 0.15) is 38.3 Å². The SMILES string of the molecule is Cc1ccccc1C(=O)N1CCCN(C(=O)c2ccc(C(F)(F)F)cc2)CC1. The minimum atomic E-state index is -4.43. The second-order valence-corrected chi connectivity index (χ2v) is 6.83. The van der Waals surface area contributed by atoms with Crippen LogP contribution in [0.5, 0.6) is 0 Å². The number of halogens is 3. The van der Waals surface area contributed by atoms with E-state index in [4.69, 9.17) is 0 Å². The van der Waals surface area contributed by atoms with Crippen molar-refractivity contribution in [2.24, 2.45) is 0 Å². The molecule has 1 fully saturated rings. The van der Waals surface area contributed by atoms with Crippen LogP contribution in [0.4, 0.5) is 13.2 Å². The van der Waals surface area contributed by atoms with Crippen LogP contribution in [0.3, 0.4) is 0 Å². The zero-order valence-corrected chi connectivity index (χ0v) is 15.5. The zero-order valence-electron chi connectivity index (χ0n) is 15.5. The van der Waals surface area contributed by atoms with Crippen molar-refractivity contribution >= 4 is 11.8 Å². The highest BCUT2D eigenvalue weighted by Crippen LogP contribution is 2.29. The van der Waals surface area contributed by atoms with Crippen molar-refractivity contribution in [2.45, 2.75) is 19.5 Å². The van der Waals surface area contributed by atoms with Crippen LogP contribution in [-0.4, -0.2) is 47.8 Å². The zero-order chi connectivity index (χ0) is 20.3. The molecule has 0 atom stereocenters.